The highest BCUT2D eigenvalue weighted by Gasteiger charge is 2.20. The maximum atomic E-state index is 12.4. The molecule has 0 atom stereocenters. The van der Waals surface area contributed by atoms with Crippen LogP contribution < -0.4 is 0 Å². The smallest absolute Gasteiger partial charge is 0.325 e. The summed E-state index contributed by atoms with van der Waals surface area (Å²) >= 11 is 0. The van der Waals surface area contributed by atoms with E-state index >= 15 is 0 Å². The SMILES string of the molecule is CCOC(=O)CN(Cc1ccccc1)C(=O)c1cnc[nH]1. The van der Waals surface area contributed by atoms with Crippen LogP contribution in [-0.2, 0) is 16.1 Å². The van der Waals surface area contributed by atoms with E-state index in [0.29, 0.717) is 12.2 Å². The van der Waals surface area contributed by atoms with Crippen molar-refractivity contribution in [2.45, 2.75) is 13.5 Å². The van der Waals surface area contributed by atoms with Gasteiger partial charge in [0.15, 0.2) is 0 Å². The zero-order valence-corrected chi connectivity index (χ0v) is 11.8. The summed E-state index contributed by atoms with van der Waals surface area (Å²) in [6, 6.07) is 9.48. The molecule has 21 heavy (non-hydrogen) atoms. The first-order valence-electron chi connectivity index (χ1n) is 6.68. The molecule has 1 aromatic heterocycles. The molecule has 0 saturated heterocycles. The van der Waals surface area contributed by atoms with Gasteiger partial charge in [0.1, 0.15) is 12.2 Å². The number of imidazole rings is 1. The third kappa shape index (κ3) is 4.17. The zero-order valence-electron chi connectivity index (χ0n) is 11.8. The molecule has 1 aromatic carbocycles. The van der Waals surface area contributed by atoms with Gasteiger partial charge in [-0.3, -0.25) is 9.59 Å². The number of aromatic amines is 1. The van der Waals surface area contributed by atoms with Gasteiger partial charge in [-0.15, -0.1) is 0 Å². The third-order valence-corrected chi connectivity index (χ3v) is 2.86. The van der Waals surface area contributed by atoms with Crippen LogP contribution in [0.5, 0.6) is 0 Å². The molecule has 1 heterocycles. The van der Waals surface area contributed by atoms with Crippen molar-refractivity contribution in [2.75, 3.05) is 13.2 Å². The summed E-state index contributed by atoms with van der Waals surface area (Å²) in [5.74, 6) is -0.717. The molecule has 0 bridgehead atoms. The molecule has 2 rings (SSSR count). The largest absolute Gasteiger partial charge is 0.465 e. The van der Waals surface area contributed by atoms with Crippen molar-refractivity contribution in [3.05, 3.63) is 54.1 Å². The fourth-order valence-corrected chi connectivity index (χ4v) is 1.91. The number of benzene rings is 1. The lowest BCUT2D eigenvalue weighted by Crippen LogP contribution is -2.36. The van der Waals surface area contributed by atoms with Crippen molar-refractivity contribution in [3.8, 4) is 0 Å². The standard InChI is InChI=1S/C15H17N3O3/c1-2-21-14(19)10-18(9-12-6-4-3-5-7-12)15(20)13-8-16-11-17-13/h3-8,11H,2,9-10H2,1H3,(H,16,17). The first kappa shape index (κ1) is 14.8. The summed E-state index contributed by atoms with van der Waals surface area (Å²) in [6.45, 7) is 2.25. The monoisotopic (exact) mass is 287 g/mol. The van der Waals surface area contributed by atoms with Crippen LogP contribution in [0.2, 0.25) is 0 Å². The summed E-state index contributed by atoms with van der Waals surface area (Å²) in [5, 5.41) is 0. The third-order valence-electron chi connectivity index (χ3n) is 2.86. The number of amides is 1. The van der Waals surface area contributed by atoms with Crippen LogP contribution in [0.25, 0.3) is 0 Å². The number of nitrogens with zero attached hydrogens (tertiary/aromatic N) is 2. The predicted molar refractivity (Wildman–Crippen MR) is 76.4 cm³/mol. The van der Waals surface area contributed by atoms with Crippen molar-refractivity contribution in [3.63, 3.8) is 0 Å². The number of hydrogen-bond donors (Lipinski definition) is 1. The molecule has 0 fully saturated rings. The van der Waals surface area contributed by atoms with Gasteiger partial charge in [0.2, 0.25) is 0 Å². The van der Waals surface area contributed by atoms with Gasteiger partial charge in [0, 0.05) is 6.54 Å². The number of esters is 1. The minimum absolute atomic E-state index is 0.0966. The van der Waals surface area contributed by atoms with E-state index in [1.165, 1.54) is 17.4 Å². The number of ether oxygens (including phenoxy) is 1. The second kappa shape index (κ2) is 7.23. The maximum Gasteiger partial charge on any atom is 0.325 e. The normalized spacial score (nSPS) is 10.1. The van der Waals surface area contributed by atoms with Crippen molar-refractivity contribution in [2.24, 2.45) is 0 Å². The lowest BCUT2D eigenvalue weighted by molar-refractivity contribution is -0.143. The molecule has 0 radical (unpaired) electrons. The van der Waals surface area contributed by atoms with Crippen molar-refractivity contribution in [1.82, 2.24) is 14.9 Å². The molecule has 6 nitrogen and oxygen atoms in total. The van der Waals surface area contributed by atoms with E-state index in [-0.39, 0.29) is 19.1 Å². The lowest BCUT2D eigenvalue weighted by atomic mass is 10.2. The number of carbonyl (C=O) groups is 2. The lowest BCUT2D eigenvalue weighted by Gasteiger charge is -2.21. The van der Waals surface area contributed by atoms with Gasteiger partial charge in [-0.05, 0) is 12.5 Å². The van der Waals surface area contributed by atoms with Crippen molar-refractivity contribution >= 4 is 11.9 Å². The summed E-state index contributed by atoms with van der Waals surface area (Å²) in [5.41, 5.74) is 1.28. The Hall–Kier alpha value is -2.63. The number of rotatable bonds is 6. The van der Waals surface area contributed by atoms with Crippen LogP contribution in [0.4, 0.5) is 0 Å². The van der Waals surface area contributed by atoms with E-state index in [2.05, 4.69) is 9.97 Å². The van der Waals surface area contributed by atoms with Gasteiger partial charge in [0.05, 0.1) is 19.1 Å². The van der Waals surface area contributed by atoms with E-state index < -0.39 is 5.97 Å². The van der Waals surface area contributed by atoms with Crippen LogP contribution in [0, 0.1) is 0 Å². The Morgan fingerprint density at radius 1 is 1.29 bits per heavy atom. The van der Waals surface area contributed by atoms with Crippen LogP contribution in [0.1, 0.15) is 23.0 Å². The Morgan fingerprint density at radius 3 is 2.67 bits per heavy atom. The second-order valence-electron chi connectivity index (χ2n) is 4.42. The van der Waals surface area contributed by atoms with Crippen LogP contribution in [-0.4, -0.2) is 39.9 Å². The van der Waals surface area contributed by atoms with Crippen molar-refractivity contribution in [1.29, 1.82) is 0 Å². The van der Waals surface area contributed by atoms with E-state index in [9.17, 15) is 9.59 Å². The number of hydrogen-bond acceptors (Lipinski definition) is 4. The van der Waals surface area contributed by atoms with Gasteiger partial charge in [-0.25, -0.2) is 4.98 Å². The molecule has 2 aromatic rings. The van der Waals surface area contributed by atoms with Crippen molar-refractivity contribution < 1.29 is 14.3 Å². The van der Waals surface area contributed by atoms with Crippen LogP contribution >= 0.6 is 0 Å². The minimum Gasteiger partial charge on any atom is -0.465 e. The predicted octanol–water partition coefficient (Wildman–Crippen LogP) is 1.62. The number of aromatic nitrogens is 2. The summed E-state index contributed by atoms with van der Waals surface area (Å²) in [4.78, 5) is 32.1. The minimum atomic E-state index is -0.429. The van der Waals surface area contributed by atoms with Gasteiger partial charge >= 0.3 is 5.97 Å². The summed E-state index contributed by atoms with van der Waals surface area (Å²) in [7, 11) is 0. The Balaban J connectivity index is 2.13. The molecule has 0 aliphatic rings. The zero-order chi connectivity index (χ0) is 15.1. The summed E-state index contributed by atoms with van der Waals surface area (Å²) in [6.07, 6.45) is 2.86. The molecule has 1 amide bonds. The van der Waals surface area contributed by atoms with Gasteiger partial charge < -0.3 is 14.6 Å². The fraction of sp³-hybridized carbons (Fsp3) is 0.267. The Morgan fingerprint density at radius 2 is 2.05 bits per heavy atom. The topological polar surface area (TPSA) is 75.3 Å². The average molecular weight is 287 g/mol. The van der Waals surface area contributed by atoms with E-state index in [1.54, 1.807) is 6.92 Å². The van der Waals surface area contributed by atoms with E-state index in [4.69, 9.17) is 4.74 Å². The molecule has 6 heteroatoms. The molecular weight excluding hydrogens is 270 g/mol. The van der Waals surface area contributed by atoms with E-state index in [0.717, 1.165) is 5.56 Å². The maximum absolute atomic E-state index is 12.4. The number of carbonyl (C=O) groups excluding carboxylic acids is 2. The Labute approximate surface area is 122 Å². The highest BCUT2D eigenvalue weighted by Crippen LogP contribution is 2.08. The van der Waals surface area contributed by atoms with Gasteiger partial charge in [-0.2, -0.15) is 0 Å². The van der Waals surface area contributed by atoms with Crippen LogP contribution in [0.15, 0.2) is 42.9 Å². The Kier molecular flexibility index (Phi) is 5.09. The second-order valence-corrected chi connectivity index (χ2v) is 4.42. The molecule has 0 aliphatic heterocycles. The fourth-order valence-electron chi connectivity index (χ4n) is 1.91. The molecule has 0 saturated carbocycles. The highest BCUT2D eigenvalue weighted by molar-refractivity contribution is 5.94. The average Bonchev–Trinajstić information content (AvgIpc) is 3.01. The molecular formula is C15H17N3O3. The first-order chi connectivity index (χ1) is 10.2. The molecule has 1 N–H and O–H groups in total. The summed E-state index contributed by atoms with van der Waals surface area (Å²) < 4.78 is 4.92. The molecule has 0 aliphatic carbocycles. The van der Waals surface area contributed by atoms with Gasteiger partial charge in [-0.1, -0.05) is 30.3 Å². The molecule has 0 spiro atoms. The molecule has 110 valence electrons. The Bertz CT molecular complexity index is 581. The molecule has 0 unspecified atom stereocenters. The van der Waals surface area contributed by atoms with Crippen LogP contribution in [0.3, 0.4) is 0 Å². The number of H-pyrrole nitrogens is 1. The van der Waals surface area contributed by atoms with Gasteiger partial charge in [0.25, 0.3) is 5.91 Å². The number of nitrogens with one attached hydrogen (secondary N) is 1. The first-order valence-corrected chi connectivity index (χ1v) is 6.68. The highest BCUT2D eigenvalue weighted by atomic mass is 16.5. The van der Waals surface area contributed by atoms with E-state index in [1.807, 2.05) is 30.3 Å². The quantitative estimate of drug-likeness (QED) is 0.819.